The topological polar surface area (TPSA) is 60.7 Å². The first-order valence-corrected chi connectivity index (χ1v) is 8.89. The van der Waals surface area contributed by atoms with Gasteiger partial charge in [0.25, 0.3) is 0 Å². The Morgan fingerprint density at radius 1 is 1.14 bits per heavy atom. The van der Waals surface area contributed by atoms with Crippen LogP contribution in [0.5, 0.6) is 11.5 Å². The Balaban J connectivity index is 2.12. The molecule has 1 amide bonds. The second-order valence-electron chi connectivity index (χ2n) is 6.26. The monoisotopic (exact) mass is 377 g/mol. The third-order valence-electron chi connectivity index (χ3n) is 4.49. The fourth-order valence-electron chi connectivity index (χ4n) is 3.11. The van der Waals surface area contributed by atoms with Gasteiger partial charge in [-0.25, -0.2) is 0 Å². The molecule has 1 N–H and O–H groups in total. The summed E-state index contributed by atoms with van der Waals surface area (Å²) in [6.45, 7) is 5.89. The molecular formula is C23H23NO4. The van der Waals surface area contributed by atoms with Gasteiger partial charge in [-0.05, 0) is 24.6 Å². The number of allylic oxidation sites excluding steroid dienone is 1. The number of hydrogen-bond donors (Lipinski definition) is 1. The van der Waals surface area contributed by atoms with Crippen molar-refractivity contribution in [1.29, 1.82) is 0 Å². The Kier molecular flexibility index (Phi) is 5.84. The molecule has 3 rings (SSSR count). The van der Waals surface area contributed by atoms with Crippen LogP contribution < -0.4 is 14.8 Å². The summed E-state index contributed by atoms with van der Waals surface area (Å²) < 4.78 is 16.8. The lowest BCUT2D eigenvalue weighted by molar-refractivity contribution is -0.116. The highest BCUT2D eigenvalue weighted by atomic mass is 16.5. The summed E-state index contributed by atoms with van der Waals surface area (Å²) >= 11 is 0. The van der Waals surface area contributed by atoms with Crippen molar-refractivity contribution in [3.63, 3.8) is 0 Å². The number of nitrogens with one attached hydrogen (secondary N) is 1. The molecule has 28 heavy (non-hydrogen) atoms. The Hall–Kier alpha value is -3.47. The lowest BCUT2D eigenvalue weighted by Crippen LogP contribution is -2.20. The Morgan fingerprint density at radius 2 is 1.89 bits per heavy atom. The van der Waals surface area contributed by atoms with Crippen molar-refractivity contribution in [2.45, 2.75) is 6.92 Å². The number of furan rings is 1. The third kappa shape index (κ3) is 3.78. The average Bonchev–Trinajstić information content (AvgIpc) is 3.13. The first-order chi connectivity index (χ1) is 13.6. The molecule has 5 nitrogen and oxygen atoms in total. The number of fused-ring (bicyclic) bond motifs is 1. The zero-order chi connectivity index (χ0) is 20.1. The van der Waals surface area contributed by atoms with Gasteiger partial charge in [0.05, 0.1) is 20.5 Å². The van der Waals surface area contributed by atoms with E-state index in [9.17, 15) is 4.79 Å². The van der Waals surface area contributed by atoms with E-state index in [2.05, 4.69) is 11.9 Å². The van der Waals surface area contributed by atoms with Crippen molar-refractivity contribution >= 4 is 22.4 Å². The summed E-state index contributed by atoms with van der Waals surface area (Å²) in [5, 5.41) is 3.66. The summed E-state index contributed by atoms with van der Waals surface area (Å²) in [5.74, 6) is 1.22. The van der Waals surface area contributed by atoms with Crippen LogP contribution in [0.4, 0.5) is 0 Å². The number of benzene rings is 2. The molecule has 3 aromatic rings. The smallest absolute Gasteiger partial charge is 0.244 e. The maximum Gasteiger partial charge on any atom is 0.244 e. The lowest BCUT2D eigenvalue weighted by Gasteiger charge is -2.11. The molecule has 0 spiro atoms. The zero-order valence-corrected chi connectivity index (χ0v) is 16.2. The van der Waals surface area contributed by atoms with Gasteiger partial charge in [0.2, 0.25) is 5.91 Å². The number of carbonyl (C=O) groups is 1. The van der Waals surface area contributed by atoms with E-state index < -0.39 is 0 Å². The molecule has 144 valence electrons. The van der Waals surface area contributed by atoms with E-state index in [0.717, 1.165) is 33.4 Å². The summed E-state index contributed by atoms with van der Waals surface area (Å²) in [6, 6.07) is 11.6. The van der Waals surface area contributed by atoms with Crippen molar-refractivity contribution in [3.8, 4) is 22.6 Å². The van der Waals surface area contributed by atoms with E-state index in [0.29, 0.717) is 17.9 Å². The number of rotatable bonds is 7. The van der Waals surface area contributed by atoms with Gasteiger partial charge in [0, 0.05) is 40.8 Å². The first-order valence-electron chi connectivity index (χ1n) is 8.89. The first kappa shape index (κ1) is 19.3. The molecule has 1 aromatic heterocycles. The minimum atomic E-state index is -0.184. The van der Waals surface area contributed by atoms with Crippen LogP contribution in [0.3, 0.4) is 0 Å². The fraction of sp³-hybridized carbons (Fsp3) is 0.174. The van der Waals surface area contributed by atoms with Crippen LogP contribution in [-0.4, -0.2) is 26.7 Å². The van der Waals surface area contributed by atoms with E-state index in [-0.39, 0.29) is 5.91 Å². The summed E-state index contributed by atoms with van der Waals surface area (Å²) in [5.41, 5.74) is 4.16. The highest BCUT2D eigenvalue weighted by molar-refractivity contribution is 6.01. The molecule has 1 heterocycles. The maximum absolute atomic E-state index is 12.1. The van der Waals surface area contributed by atoms with Crippen molar-refractivity contribution in [3.05, 3.63) is 67.0 Å². The lowest BCUT2D eigenvalue weighted by atomic mass is 9.99. The Labute approximate surface area is 164 Å². The predicted molar refractivity (Wildman–Crippen MR) is 112 cm³/mol. The van der Waals surface area contributed by atoms with E-state index in [1.54, 1.807) is 32.6 Å². The van der Waals surface area contributed by atoms with Crippen LogP contribution in [0.1, 0.15) is 12.5 Å². The molecule has 0 atom stereocenters. The standard InChI is InChI=1S/C23H23NO4/c1-5-10-24-23(25)11-15(2)17-12-18-19(14-28-22(18)13-21(17)27-4)16-8-6-7-9-20(16)26-3/h5-9,11-14H,1,10H2,2-4H3,(H,24,25)/b15-11+. The van der Waals surface area contributed by atoms with E-state index in [4.69, 9.17) is 13.9 Å². The number of amides is 1. The Morgan fingerprint density at radius 3 is 2.61 bits per heavy atom. The zero-order valence-electron chi connectivity index (χ0n) is 16.2. The molecule has 0 fully saturated rings. The van der Waals surface area contributed by atoms with E-state index >= 15 is 0 Å². The largest absolute Gasteiger partial charge is 0.496 e. The highest BCUT2D eigenvalue weighted by Gasteiger charge is 2.16. The minimum Gasteiger partial charge on any atom is -0.496 e. The highest BCUT2D eigenvalue weighted by Crippen LogP contribution is 2.40. The number of methoxy groups -OCH3 is 2. The van der Waals surface area contributed by atoms with E-state index in [1.807, 2.05) is 43.3 Å². The normalized spacial score (nSPS) is 11.3. The summed E-state index contributed by atoms with van der Waals surface area (Å²) in [7, 11) is 3.24. The van der Waals surface area contributed by atoms with Crippen molar-refractivity contribution < 1.29 is 18.7 Å². The quantitative estimate of drug-likeness (QED) is 0.474. The van der Waals surface area contributed by atoms with Crippen molar-refractivity contribution in [1.82, 2.24) is 5.32 Å². The average molecular weight is 377 g/mol. The molecule has 5 heteroatoms. The molecule has 0 saturated heterocycles. The van der Waals surface area contributed by atoms with Crippen LogP contribution in [-0.2, 0) is 4.79 Å². The second kappa shape index (κ2) is 8.48. The maximum atomic E-state index is 12.1. The molecule has 0 aliphatic rings. The predicted octanol–water partition coefficient (Wildman–Crippen LogP) is 4.82. The molecule has 0 radical (unpaired) electrons. The summed E-state index contributed by atoms with van der Waals surface area (Å²) in [6.07, 6.45) is 4.90. The molecule has 0 aliphatic carbocycles. The van der Waals surface area contributed by atoms with Gasteiger partial charge < -0.3 is 19.2 Å². The van der Waals surface area contributed by atoms with Gasteiger partial charge >= 0.3 is 0 Å². The third-order valence-corrected chi connectivity index (χ3v) is 4.49. The van der Waals surface area contributed by atoms with Gasteiger partial charge in [0.1, 0.15) is 17.1 Å². The van der Waals surface area contributed by atoms with Crippen LogP contribution in [0.15, 0.2) is 65.8 Å². The minimum absolute atomic E-state index is 0.184. The van der Waals surface area contributed by atoms with Gasteiger partial charge in [-0.3, -0.25) is 4.79 Å². The molecule has 2 aromatic carbocycles. The Bertz CT molecular complexity index is 1050. The SMILES string of the molecule is C=CCNC(=O)/C=C(\C)c1cc2c(-c3ccccc3OC)coc2cc1OC. The van der Waals surface area contributed by atoms with Gasteiger partial charge in [-0.15, -0.1) is 6.58 Å². The van der Waals surface area contributed by atoms with Crippen LogP contribution >= 0.6 is 0 Å². The molecule has 0 saturated carbocycles. The van der Waals surface area contributed by atoms with Gasteiger partial charge in [0.15, 0.2) is 0 Å². The molecule has 0 bridgehead atoms. The number of para-hydroxylation sites is 1. The van der Waals surface area contributed by atoms with Crippen LogP contribution in [0.2, 0.25) is 0 Å². The van der Waals surface area contributed by atoms with Crippen molar-refractivity contribution in [2.75, 3.05) is 20.8 Å². The van der Waals surface area contributed by atoms with Crippen LogP contribution in [0.25, 0.3) is 27.7 Å². The van der Waals surface area contributed by atoms with Crippen molar-refractivity contribution in [2.24, 2.45) is 0 Å². The number of hydrogen-bond acceptors (Lipinski definition) is 4. The number of ether oxygens (including phenoxy) is 2. The second-order valence-corrected chi connectivity index (χ2v) is 6.26. The van der Waals surface area contributed by atoms with Gasteiger partial charge in [-0.2, -0.15) is 0 Å². The molecule has 0 aliphatic heterocycles. The number of carbonyl (C=O) groups excluding carboxylic acids is 1. The summed E-state index contributed by atoms with van der Waals surface area (Å²) in [4.78, 5) is 12.1. The fourth-order valence-corrected chi connectivity index (χ4v) is 3.11. The van der Waals surface area contributed by atoms with Gasteiger partial charge in [-0.1, -0.05) is 24.3 Å². The molecular weight excluding hydrogens is 354 g/mol. The van der Waals surface area contributed by atoms with E-state index in [1.165, 1.54) is 0 Å². The van der Waals surface area contributed by atoms with Crippen LogP contribution in [0, 0.1) is 0 Å². The molecule has 0 unspecified atom stereocenters.